The number of hydrogen-bond acceptors (Lipinski definition) is 4. The monoisotopic (exact) mass is 476 g/mol. The number of benzene rings is 1. The molecule has 6 heteroatoms. The summed E-state index contributed by atoms with van der Waals surface area (Å²) in [5.74, 6) is -0.474. The van der Waals surface area contributed by atoms with Crippen LogP contribution in [0.4, 0.5) is 0 Å². The van der Waals surface area contributed by atoms with Crippen LogP contribution in [0.1, 0.15) is 63.0 Å². The molecular weight excluding hydrogens is 455 g/mol. The van der Waals surface area contributed by atoms with E-state index >= 15 is 0 Å². The minimum atomic E-state index is -0.758. The summed E-state index contributed by atoms with van der Waals surface area (Å²) in [6.45, 7) is 0. The van der Waals surface area contributed by atoms with Gasteiger partial charge in [0.15, 0.2) is 6.10 Å². The van der Waals surface area contributed by atoms with Gasteiger partial charge in [0.25, 0.3) is 0 Å². The number of fused-ring (bicyclic) bond motifs is 1. The van der Waals surface area contributed by atoms with Crippen molar-refractivity contribution in [1.29, 1.82) is 0 Å². The fourth-order valence-corrected chi connectivity index (χ4v) is 5.20. The lowest BCUT2D eigenvalue weighted by Gasteiger charge is -2.40. The van der Waals surface area contributed by atoms with Crippen molar-refractivity contribution in [3.05, 3.63) is 28.8 Å². The Hall–Kier alpha value is -0.530. The number of para-hydroxylation sites is 1. The summed E-state index contributed by atoms with van der Waals surface area (Å²) >= 11 is 8.75. The zero-order chi connectivity index (χ0) is 17.4. The predicted molar refractivity (Wildman–Crippen MR) is 103 cm³/mol. The van der Waals surface area contributed by atoms with Crippen molar-refractivity contribution in [2.24, 2.45) is 0 Å². The second-order valence-electron chi connectivity index (χ2n) is 7.15. The van der Waals surface area contributed by atoms with Gasteiger partial charge in [-0.2, -0.15) is 0 Å². The molecule has 1 aromatic rings. The number of hydrogen-bond donors (Lipinski definition) is 0. The van der Waals surface area contributed by atoms with Gasteiger partial charge in [-0.1, -0.05) is 52.7 Å². The van der Waals surface area contributed by atoms with E-state index < -0.39 is 11.9 Å². The molecule has 4 rings (SSSR count). The fraction of sp³-hybridized carbons (Fsp3) is 0.632. The van der Waals surface area contributed by atoms with E-state index in [9.17, 15) is 4.79 Å². The number of esters is 1. The Kier molecular flexibility index (Phi) is 5.17. The van der Waals surface area contributed by atoms with Gasteiger partial charge in [-0.05, 0) is 38.2 Å². The Labute approximate surface area is 166 Å². The molecule has 1 aliphatic heterocycles. The predicted octanol–water partition coefficient (Wildman–Crippen LogP) is 5.35. The maximum absolute atomic E-state index is 13.0. The van der Waals surface area contributed by atoms with E-state index in [1.165, 1.54) is 6.42 Å². The number of rotatable bonds is 2. The summed E-state index contributed by atoms with van der Waals surface area (Å²) in [5.41, 5.74) is 0.677. The highest BCUT2D eigenvalue weighted by atomic mass is 127. The van der Waals surface area contributed by atoms with Crippen LogP contribution < -0.4 is 4.74 Å². The number of alkyl halides is 1. The number of ether oxygens (including phenoxy) is 3. The van der Waals surface area contributed by atoms with Crippen LogP contribution in [-0.4, -0.2) is 21.8 Å². The molecule has 136 valence electrons. The van der Waals surface area contributed by atoms with Gasteiger partial charge in [0.2, 0.25) is 5.79 Å². The first-order chi connectivity index (χ1) is 12.1. The van der Waals surface area contributed by atoms with Crippen LogP contribution >= 0.6 is 34.2 Å². The molecule has 3 aliphatic rings. The van der Waals surface area contributed by atoms with Gasteiger partial charge >= 0.3 is 5.97 Å². The summed E-state index contributed by atoms with van der Waals surface area (Å²) < 4.78 is 18.6. The van der Waals surface area contributed by atoms with E-state index in [0.717, 1.165) is 44.9 Å². The molecule has 25 heavy (non-hydrogen) atoms. The standard InChI is InChI=1S/C19H22ClIO4/c20-13-7-5-6-12-16(13)24-19(10-3-4-11-19)25-17(12)18(22)23-15-9-2-1-8-14(15)21/h5-7,14-15,17H,1-4,8-11H2/t14-,15-,17+/m0/s1. The lowest BCUT2D eigenvalue weighted by atomic mass is 9.97. The molecular formula is C19H22ClIO4. The third-order valence-electron chi connectivity index (χ3n) is 5.37. The van der Waals surface area contributed by atoms with Crippen LogP contribution in [-0.2, 0) is 14.3 Å². The van der Waals surface area contributed by atoms with E-state index in [0.29, 0.717) is 20.3 Å². The molecule has 0 radical (unpaired) electrons. The Balaban J connectivity index is 1.61. The van der Waals surface area contributed by atoms with Gasteiger partial charge in [-0.25, -0.2) is 4.79 Å². The number of carbonyl (C=O) groups is 1. The molecule has 0 unspecified atom stereocenters. The highest BCUT2D eigenvalue weighted by molar-refractivity contribution is 14.1. The van der Waals surface area contributed by atoms with E-state index in [-0.39, 0.29) is 12.1 Å². The highest BCUT2D eigenvalue weighted by Crippen LogP contribution is 2.49. The lowest BCUT2D eigenvalue weighted by molar-refractivity contribution is -0.235. The fourth-order valence-electron chi connectivity index (χ4n) is 4.03. The smallest absolute Gasteiger partial charge is 0.340 e. The first-order valence-electron chi connectivity index (χ1n) is 9.08. The summed E-state index contributed by atoms with van der Waals surface area (Å²) in [7, 11) is 0. The summed E-state index contributed by atoms with van der Waals surface area (Å²) in [5, 5.41) is 0.523. The Morgan fingerprint density at radius 3 is 2.72 bits per heavy atom. The average molecular weight is 477 g/mol. The van der Waals surface area contributed by atoms with E-state index in [1.807, 2.05) is 12.1 Å². The second kappa shape index (κ2) is 7.24. The summed E-state index contributed by atoms with van der Waals surface area (Å²) in [6, 6.07) is 5.46. The van der Waals surface area contributed by atoms with Crippen LogP contribution in [0.25, 0.3) is 0 Å². The lowest BCUT2D eigenvalue weighted by Crippen LogP contribution is -2.44. The maximum atomic E-state index is 13.0. The molecule has 2 fully saturated rings. The molecule has 0 N–H and O–H groups in total. The van der Waals surface area contributed by atoms with Crippen LogP contribution in [0.3, 0.4) is 0 Å². The van der Waals surface area contributed by atoms with Gasteiger partial charge in [0.1, 0.15) is 11.9 Å². The zero-order valence-corrected chi connectivity index (χ0v) is 16.9. The van der Waals surface area contributed by atoms with E-state index in [4.69, 9.17) is 25.8 Å². The SMILES string of the molecule is O=C(O[C@H]1CCCC[C@@H]1I)[C@@H]1OC2(CCCC2)Oc2c(Cl)cccc21. The molecule has 0 amide bonds. The van der Waals surface area contributed by atoms with Crippen LogP contribution in [0.15, 0.2) is 18.2 Å². The molecule has 0 bridgehead atoms. The van der Waals surface area contributed by atoms with Crippen molar-refractivity contribution >= 4 is 40.2 Å². The van der Waals surface area contributed by atoms with Gasteiger partial charge in [-0.15, -0.1) is 0 Å². The van der Waals surface area contributed by atoms with Crippen molar-refractivity contribution in [3.8, 4) is 5.75 Å². The molecule has 1 heterocycles. The van der Waals surface area contributed by atoms with Gasteiger partial charge in [0, 0.05) is 22.3 Å². The molecule has 0 aromatic heterocycles. The van der Waals surface area contributed by atoms with E-state index in [1.54, 1.807) is 6.07 Å². The van der Waals surface area contributed by atoms with E-state index in [2.05, 4.69) is 22.6 Å². The van der Waals surface area contributed by atoms with Gasteiger partial charge in [-0.3, -0.25) is 0 Å². The molecule has 2 saturated carbocycles. The van der Waals surface area contributed by atoms with Crippen LogP contribution in [0.2, 0.25) is 5.02 Å². The third kappa shape index (κ3) is 3.52. The van der Waals surface area contributed by atoms with Crippen molar-refractivity contribution in [3.63, 3.8) is 0 Å². The van der Waals surface area contributed by atoms with Crippen LogP contribution in [0.5, 0.6) is 5.75 Å². The minimum Gasteiger partial charge on any atom is -0.460 e. The molecule has 0 saturated heterocycles. The first-order valence-corrected chi connectivity index (χ1v) is 10.7. The van der Waals surface area contributed by atoms with Gasteiger partial charge in [0.05, 0.1) is 5.02 Å². The second-order valence-corrected chi connectivity index (χ2v) is 9.16. The minimum absolute atomic E-state index is 0.0320. The van der Waals surface area contributed by atoms with Crippen molar-refractivity contribution < 1.29 is 19.0 Å². The van der Waals surface area contributed by atoms with Crippen LogP contribution in [0, 0.1) is 0 Å². The Bertz CT molecular complexity index is 659. The summed E-state index contributed by atoms with van der Waals surface area (Å²) in [6.07, 6.45) is 7.16. The normalized spacial score (nSPS) is 30.6. The number of carbonyl (C=O) groups excluding carboxylic acids is 1. The Morgan fingerprint density at radius 2 is 1.96 bits per heavy atom. The topological polar surface area (TPSA) is 44.8 Å². The third-order valence-corrected chi connectivity index (χ3v) is 7.09. The maximum Gasteiger partial charge on any atom is 0.340 e. The Morgan fingerprint density at radius 1 is 1.20 bits per heavy atom. The van der Waals surface area contributed by atoms with Crippen molar-refractivity contribution in [2.45, 2.75) is 73.3 Å². The largest absolute Gasteiger partial charge is 0.460 e. The van der Waals surface area contributed by atoms with Crippen molar-refractivity contribution in [2.75, 3.05) is 0 Å². The highest BCUT2D eigenvalue weighted by Gasteiger charge is 2.48. The molecule has 1 aromatic carbocycles. The average Bonchev–Trinajstić information content (AvgIpc) is 3.05. The first kappa shape index (κ1) is 17.9. The molecule has 3 atom stereocenters. The zero-order valence-electron chi connectivity index (χ0n) is 14.0. The molecule has 1 spiro atoms. The molecule has 2 aliphatic carbocycles. The number of halogens is 2. The quantitative estimate of drug-likeness (QED) is 0.328. The van der Waals surface area contributed by atoms with Gasteiger partial charge < -0.3 is 14.2 Å². The van der Waals surface area contributed by atoms with Crippen molar-refractivity contribution in [1.82, 2.24) is 0 Å². The molecule has 4 nitrogen and oxygen atoms in total. The summed E-state index contributed by atoms with van der Waals surface area (Å²) in [4.78, 5) is 13.0.